The summed E-state index contributed by atoms with van der Waals surface area (Å²) in [6, 6.07) is 16.0. The van der Waals surface area contributed by atoms with Crippen LogP contribution in [0, 0.1) is 0 Å². The number of benzene rings is 2. The molecule has 0 spiro atoms. The van der Waals surface area contributed by atoms with Gasteiger partial charge < -0.3 is 15.0 Å². The third-order valence-electron chi connectivity index (χ3n) is 6.08. The van der Waals surface area contributed by atoms with E-state index in [1.165, 1.54) is 10.6 Å². The van der Waals surface area contributed by atoms with E-state index in [9.17, 15) is 13.2 Å². The molecule has 4 rings (SSSR count). The van der Waals surface area contributed by atoms with E-state index in [0.29, 0.717) is 38.8 Å². The van der Waals surface area contributed by atoms with E-state index in [1.54, 1.807) is 7.11 Å². The lowest BCUT2D eigenvalue weighted by Crippen LogP contribution is -2.46. The predicted octanol–water partition coefficient (Wildman–Crippen LogP) is 3.32. The summed E-state index contributed by atoms with van der Waals surface area (Å²) in [5, 5.41) is 4.21. The zero-order valence-electron chi connectivity index (χ0n) is 18.4. The number of aromatic nitrogens is 1. The first-order chi connectivity index (χ1) is 15.3. The average Bonchev–Trinajstić information content (AvgIpc) is 3.16. The molecule has 1 aliphatic rings. The number of aryl methyl sites for hydroxylation is 1. The van der Waals surface area contributed by atoms with Crippen LogP contribution in [-0.2, 0) is 21.2 Å². The Balaban J connectivity index is 1.45. The number of para-hydroxylation sites is 1. The molecule has 1 saturated heterocycles. The lowest BCUT2D eigenvalue weighted by molar-refractivity contribution is -0.122. The van der Waals surface area contributed by atoms with Gasteiger partial charge in [0.25, 0.3) is 0 Å². The SMILES string of the molecule is COc1ccc(-c2[nH]c3ccccc3c2CCC(=O)NC2CCN(S(C)(=O)=O)CC2)cc1. The molecular formula is C24H29N3O4S. The number of H-pyrrole nitrogens is 1. The van der Waals surface area contributed by atoms with Gasteiger partial charge in [-0.15, -0.1) is 0 Å². The molecule has 1 fully saturated rings. The van der Waals surface area contributed by atoms with Crippen LogP contribution in [0.15, 0.2) is 48.5 Å². The highest BCUT2D eigenvalue weighted by atomic mass is 32.2. The normalized spacial score (nSPS) is 15.7. The molecule has 170 valence electrons. The molecule has 1 aliphatic heterocycles. The van der Waals surface area contributed by atoms with Gasteiger partial charge in [0, 0.05) is 42.1 Å². The molecule has 1 aromatic heterocycles. The summed E-state index contributed by atoms with van der Waals surface area (Å²) in [5.41, 5.74) is 4.23. The highest BCUT2D eigenvalue weighted by Gasteiger charge is 2.25. The van der Waals surface area contributed by atoms with Crippen molar-refractivity contribution in [3.8, 4) is 17.0 Å². The van der Waals surface area contributed by atoms with E-state index in [4.69, 9.17) is 4.74 Å². The minimum atomic E-state index is -3.16. The Morgan fingerprint density at radius 3 is 2.47 bits per heavy atom. The second kappa shape index (κ2) is 9.34. The topological polar surface area (TPSA) is 91.5 Å². The number of nitrogens with one attached hydrogen (secondary N) is 2. The highest BCUT2D eigenvalue weighted by Crippen LogP contribution is 2.32. The van der Waals surface area contributed by atoms with Crippen molar-refractivity contribution >= 4 is 26.8 Å². The molecule has 2 N–H and O–H groups in total. The van der Waals surface area contributed by atoms with Gasteiger partial charge in [0.15, 0.2) is 0 Å². The monoisotopic (exact) mass is 455 g/mol. The maximum atomic E-state index is 12.7. The Morgan fingerprint density at radius 1 is 1.12 bits per heavy atom. The molecule has 2 heterocycles. The third kappa shape index (κ3) is 4.97. The van der Waals surface area contributed by atoms with Crippen LogP contribution in [0.3, 0.4) is 0 Å². The molecule has 0 saturated carbocycles. The van der Waals surface area contributed by atoms with Gasteiger partial charge in [-0.05, 0) is 60.7 Å². The minimum Gasteiger partial charge on any atom is -0.497 e. The molecule has 0 atom stereocenters. The van der Waals surface area contributed by atoms with E-state index >= 15 is 0 Å². The molecule has 0 radical (unpaired) electrons. The van der Waals surface area contributed by atoms with Crippen molar-refractivity contribution in [3.05, 3.63) is 54.1 Å². The number of amides is 1. The number of nitrogens with zero attached hydrogens (tertiary/aromatic N) is 1. The highest BCUT2D eigenvalue weighted by molar-refractivity contribution is 7.88. The average molecular weight is 456 g/mol. The first kappa shape index (κ1) is 22.4. The van der Waals surface area contributed by atoms with Gasteiger partial charge in [-0.25, -0.2) is 12.7 Å². The maximum Gasteiger partial charge on any atom is 0.220 e. The Morgan fingerprint density at radius 2 is 1.81 bits per heavy atom. The molecule has 7 nitrogen and oxygen atoms in total. The van der Waals surface area contributed by atoms with Gasteiger partial charge in [0.05, 0.1) is 13.4 Å². The van der Waals surface area contributed by atoms with Gasteiger partial charge in [-0.1, -0.05) is 18.2 Å². The summed E-state index contributed by atoms with van der Waals surface area (Å²) in [6.45, 7) is 0.904. The number of piperidine rings is 1. The third-order valence-corrected chi connectivity index (χ3v) is 7.39. The van der Waals surface area contributed by atoms with Crippen LogP contribution < -0.4 is 10.1 Å². The lowest BCUT2D eigenvalue weighted by atomic mass is 10.0. The summed E-state index contributed by atoms with van der Waals surface area (Å²) in [7, 11) is -1.52. The minimum absolute atomic E-state index is 0.00577. The molecule has 1 amide bonds. The summed E-state index contributed by atoms with van der Waals surface area (Å²) in [5.74, 6) is 0.793. The number of hydrogen-bond acceptors (Lipinski definition) is 4. The van der Waals surface area contributed by atoms with Crippen LogP contribution in [0.5, 0.6) is 5.75 Å². The van der Waals surface area contributed by atoms with Crippen molar-refractivity contribution in [3.63, 3.8) is 0 Å². The Labute approximate surface area is 188 Å². The van der Waals surface area contributed by atoms with Crippen molar-refractivity contribution < 1.29 is 17.9 Å². The largest absolute Gasteiger partial charge is 0.497 e. The van der Waals surface area contributed by atoms with E-state index in [-0.39, 0.29) is 11.9 Å². The summed E-state index contributed by atoms with van der Waals surface area (Å²) >= 11 is 0. The predicted molar refractivity (Wildman–Crippen MR) is 126 cm³/mol. The van der Waals surface area contributed by atoms with Crippen molar-refractivity contribution in [1.82, 2.24) is 14.6 Å². The smallest absolute Gasteiger partial charge is 0.220 e. The fraction of sp³-hybridized carbons (Fsp3) is 0.375. The van der Waals surface area contributed by atoms with Crippen LogP contribution in [0.2, 0.25) is 0 Å². The quantitative estimate of drug-likeness (QED) is 0.572. The van der Waals surface area contributed by atoms with Crippen LogP contribution >= 0.6 is 0 Å². The van der Waals surface area contributed by atoms with Crippen LogP contribution in [-0.4, -0.2) is 56.1 Å². The van der Waals surface area contributed by atoms with E-state index in [2.05, 4.69) is 16.4 Å². The number of carbonyl (C=O) groups is 1. The van der Waals surface area contributed by atoms with E-state index < -0.39 is 10.0 Å². The second-order valence-corrected chi connectivity index (χ2v) is 10.2. The van der Waals surface area contributed by atoms with Gasteiger partial charge in [-0.3, -0.25) is 4.79 Å². The van der Waals surface area contributed by atoms with Gasteiger partial charge in [0.2, 0.25) is 15.9 Å². The number of fused-ring (bicyclic) bond motifs is 1. The van der Waals surface area contributed by atoms with Crippen molar-refractivity contribution in [2.75, 3.05) is 26.5 Å². The van der Waals surface area contributed by atoms with Gasteiger partial charge >= 0.3 is 0 Å². The maximum absolute atomic E-state index is 12.7. The van der Waals surface area contributed by atoms with Gasteiger partial charge in [0.1, 0.15) is 5.75 Å². The Kier molecular flexibility index (Phi) is 6.53. The fourth-order valence-corrected chi connectivity index (χ4v) is 5.21. The van der Waals surface area contributed by atoms with E-state index in [1.807, 2.05) is 42.5 Å². The summed E-state index contributed by atoms with van der Waals surface area (Å²) in [4.78, 5) is 16.2. The number of rotatable bonds is 7. The standard InChI is InChI=1S/C24H29N3O4S/c1-31-19-9-7-17(8-10-19)24-21(20-5-3-4-6-22(20)26-24)11-12-23(28)25-18-13-15-27(16-14-18)32(2,29)30/h3-10,18,26H,11-16H2,1-2H3,(H,25,28). The first-order valence-electron chi connectivity index (χ1n) is 10.8. The fourth-order valence-electron chi connectivity index (χ4n) is 4.33. The first-order valence-corrected chi connectivity index (χ1v) is 12.7. The van der Waals surface area contributed by atoms with Crippen molar-refractivity contribution in [2.24, 2.45) is 0 Å². The number of aromatic amines is 1. The zero-order chi connectivity index (χ0) is 22.7. The molecule has 0 bridgehead atoms. The molecular weight excluding hydrogens is 426 g/mol. The molecule has 0 aliphatic carbocycles. The van der Waals surface area contributed by atoms with Crippen LogP contribution in [0.25, 0.3) is 22.2 Å². The van der Waals surface area contributed by atoms with E-state index in [0.717, 1.165) is 33.5 Å². The zero-order valence-corrected chi connectivity index (χ0v) is 19.2. The van der Waals surface area contributed by atoms with Crippen LogP contribution in [0.4, 0.5) is 0 Å². The summed E-state index contributed by atoms with van der Waals surface area (Å²) < 4.78 is 30.1. The number of carbonyl (C=O) groups excluding carboxylic acids is 1. The molecule has 2 aromatic carbocycles. The second-order valence-electron chi connectivity index (χ2n) is 8.26. The van der Waals surface area contributed by atoms with Crippen molar-refractivity contribution in [1.29, 1.82) is 0 Å². The Bertz CT molecular complexity index is 1190. The van der Waals surface area contributed by atoms with Crippen molar-refractivity contribution in [2.45, 2.75) is 31.7 Å². The number of methoxy groups -OCH3 is 1. The molecule has 32 heavy (non-hydrogen) atoms. The molecule has 8 heteroatoms. The Hall–Kier alpha value is -2.84. The van der Waals surface area contributed by atoms with Gasteiger partial charge in [-0.2, -0.15) is 0 Å². The number of sulfonamides is 1. The van der Waals surface area contributed by atoms with Crippen LogP contribution in [0.1, 0.15) is 24.8 Å². The molecule has 3 aromatic rings. The lowest BCUT2D eigenvalue weighted by Gasteiger charge is -2.30. The summed E-state index contributed by atoms with van der Waals surface area (Å²) in [6.07, 6.45) is 3.50. The number of ether oxygens (including phenoxy) is 1. The molecule has 0 unspecified atom stereocenters. The number of hydrogen-bond donors (Lipinski definition) is 2.